The summed E-state index contributed by atoms with van der Waals surface area (Å²) in [6, 6.07) is 15.7. The molecule has 0 aliphatic rings. The quantitative estimate of drug-likeness (QED) is 0.660. The van der Waals surface area contributed by atoms with Crippen LogP contribution in [0, 0.1) is 0 Å². The fourth-order valence-electron chi connectivity index (χ4n) is 1.88. The third kappa shape index (κ3) is 3.20. The Balaban J connectivity index is 2.37. The Labute approximate surface area is 115 Å². The van der Waals surface area contributed by atoms with E-state index in [1.165, 1.54) is 11.1 Å². The molecule has 0 aliphatic carbocycles. The lowest BCUT2D eigenvalue weighted by Gasteiger charge is -2.09. The zero-order chi connectivity index (χ0) is 12.1. The third-order valence-corrected chi connectivity index (χ3v) is 3.20. The Morgan fingerprint density at radius 1 is 1.06 bits per heavy atom. The van der Waals surface area contributed by atoms with Crippen molar-refractivity contribution >= 4 is 22.9 Å². The van der Waals surface area contributed by atoms with Gasteiger partial charge in [0.1, 0.15) is 5.75 Å². The smallest absolute Gasteiger partial charge is 0.116 e. The predicted molar refractivity (Wildman–Crippen MR) is 79.3 cm³/mol. The second-order valence-electron chi connectivity index (χ2n) is 3.84. The van der Waals surface area contributed by atoms with Crippen LogP contribution in [0.5, 0.6) is 5.75 Å². The Morgan fingerprint density at radius 3 is 2.65 bits per heavy atom. The van der Waals surface area contributed by atoms with Crippen LogP contribution < -0.4 is 3.53 Å². The third-order valence-electron chi connectivity index (χ3n) is 2.66. The van der Waals surface area contributed by atoms with Gasteiger partial charge < -0.3 is 5.11 Å². The van der Waals surface area contributed by atoms with Gasteiger partial charge in [0, 0.05) is 29.4 Å². The van der Waals surface area contributed by atoms with E-state index in [1.54, 1.807) is 12.1 Å². The molecule has 2 aromatic carbocycles. The second-order valence-corrected chi connectivity index (χ2v) is 4.60. The zero-order valence-electron chi connectivity index (χ0n) is 9.36. The van der Waals surface area contributed by atoms with Gasteiger partial charge in [-0.15, -0.1) is 0 Å². The molecule has 0 saturated heterocycles. The summed E-state index contributed by atoms with van der Waals surface area (Å²) in [7, 11) is 0. The molecular formula is C14H14INO. The zero-order valence-corrected chi connectivity index (χ0v) is 11.5. The van der Waals surface area contributed by atoms with Gasteiger partial charge in [-0.3, -0.25) is 3.53 Å². The second kappa shape index (κ2) is 6.02. The van der Waals surface area contributed by atoms with Crippen LogP contribution in [-0.2, 0) is 6.42 Å². The van der Waals surface area contributed by atoms with Gasteiger partial charge in [0.15, 0.2) is 0 Å². The summed E-state index contributed by atoms with van der Waals surface area (Å²) < 4.78 is 3.13. The van der Waals surface area contributed by atoms with Gasteiger partial charge in [0.05, 0.1) is 0 Å². The number of rotatable bonds is 4. The van der Waals surface area contributed by atoms with E-state index in [0.717, 1.165) is 18.5 Å². The highest BCUT2D eigenvalue weighted by molar-refractivity contribution is 14.1. The molecule has 0 aliphatic heterocycles. The van der Waals surface area contributed by atoms with E-state index < -0.39 is 0 Å². The van der Waals surface area contributed by atoms with Crippen molar-refractivity contribution in [2.24, 2.45) is 0 Å². The molecule has 2 rings (SSSR count). The molecule has 0 saturated carbocycles. The normalized spacial score (nSPS) is 10.4. The van der Waals surface area contributed by atoms with Crippen molar-refractivity contribution in [3.63, 3.8) is 0 Å². The Bertz CT molecular complexity index is 499. The van der Waals surface area contributed by atoms with Gasteiger partial charge in [0.25, 0.3) is 0 Å². The summed E-state index contributed by atoms with van der Waals surface area (Å²) in [6.07, 6.45) is 0.981. The summed E-state index contributed by atoms with van der Waals surface area (Å²) in [6.45, 7) is 0.941. The molecule has 0 atom stereocenters. The standard InChI is InChI=1S/C14H14INO/c15-16-9-8-11-4-1-2-7-14(11)12-5-3-6-13(17)10-12/h1-7,10,16-17H,8-9H2. The molecule has 0 amide bonds. The SMILES string of the molecule is Oc1cccc(-c2ccccc2CCNI)c1. The largest absolute Gasteiger partial charge is 0.508 e. The molecule has 2 N–H and O–H groups in total. The first kappa shape index (κ1) is 12.4. The molecule has 17 heavy (non-hydrogen) atoms. The van der Waals surface area contributed by atoms with Crippen LogP contribution in [0.15, 0.2) is 48.5 Å². The fourth-order valence-corrected chi connectivity index (χ4v) is 2.14. The van der Waals surface area contributed by atoms with Gasteiger partial charge in [-0.25, -0.2) is 0 Å². The van der Waals surface area contributed by atoms with Crippen LogP contribution in [0.2, 0.25) is 0 Å². The lowest BCUT2D eigenvalue weighted by molar-refractivity contribution is 0.475. The van der Waals surface area contributed by atoms with E-state index in [9.17, 15) is 5.11 Å². The molecule has 0 heterocycles. The fraction of sp³-hybridized carbons (Fsp3) is 0.143. The molecule has 0 bridgehead atoms. The Kier molecular flexibility index (Phi) is 4.39. The van der Waals surface area contributed by atoms with Crippen molar-refractivity contribution in [1.82, 2.24) is 3.53 Å². The summed E-state index contributed by atoms with van der Waals surface area (Å²) in [5, 5.41) is 9.53. The van der Waals surface area contributed by atoms with Crippen molar-refractivity contribution in [3.8, 4) is 16.9 Å². The van der Waals surface area contributed by atoms with E-state index in [4.69, 9.17) is 0 Å². The summed E-state index contributed by atoms with van der Waals surface area (Å²) in [5.41, 5.74) is 3.55. The Hall–Kier alpha value is -1.07. The summed E-state index contributed by atoms with van der Waals surface area (Å²) in [4.78, 5) is 0. The first-order valence-corrected chi connectivity index (χ1v) is 6.60. The lowest BCUT2D eigenvalue weighted by atomic mass is 9.98. The summed E-state index contributed by atoms with van der Waals surface area (Å²) in [5.74, 6) is 0.310. The maximum absolute atomic E-state index is 9.53. The van der Waals surface area contributed by atoms with Crippen LogP contribution in [-0.4, -0.2) is 11.7 Å². The maximum atomic E-state index is 9.53. The van der Waals surface area contributed by atoms with Gasteiger partial charge in [-0.2, -0.15) is 0 Å². The highest BCUT2D eigenvalue weighted by atomic mass is 127. The monoisotopic (exact) mass is 339 g/mol. The predicted octanol–water partition coefficient (Wildman–Crippen LogP) is 3.54. The van der Waals surface area contributed by atoms with E-state index in [2.05, 4.69) is 44.6 Å². The van der Waals surface area contributed by atoms with Crippen LogP contribution in [0.4, 0.5) is 0 Å². The topological polar surface area (TPSA) is 32.3 Å². The van der Waals surface area contributed by atoms with Gasteiger partial charge >= 0.3 is 0 Å². The van der Waals surface area contributed by atoms with Crippen LogP contribution in [0.3, 0.4) is 0 Å². The molecule has 0 radical (unpaired) electrons. The minimum atomic E-state index is 0.310. The molecule has 0 spiro atoms. The van der Waals surface area contributed by atoms with Crippen molar-refractivity contribution in [3.05, 3.63) is 54.1 Å². The average Bonchev–Trinajstić information content (AvgIpc) is 2.37. The number of aromatic hydroxyl groups is 1. The first-order valence-electron chi connectivity index (χ1n) is 5.52. The van der Waals surface area contributed by atoms with Crippen molar-refractivity contribution in [2.75, 3.05) is 6.54 Å². The van der Waals surface area contributed by atoms with E-state index in [-0.39, 0.29) is 0 Å². The number of halogens is 1. The molecule has 88 valence electrons. The van der Waals surface area contributed by atoms with E-state index >= 15 is 0 Å². The average molecular weight is 339 g/mol. The van der Waals surface area contributed by atoms with Crippen molar-refractivity contribution in [1.29, 1.82) is 0 Å². The number of hydrogen-bond acceptors (Lipinski definition) is 2. The van der Waals surface area contributed by atoms with Crippen molar-refractivity contribution < 1.29 is 5.11 Å². The number of phenolic OH excluding ortho intramolecular Hbond substituents is 1. The van der Waals surface area contributed by atoms with Gasteiger partial charge in [0.2, 0.25) is 0 Å². The Morgan fingerprint density at radius 2 is 1.88 bits per heavy atom. The molecule has 0 aromatic heterocycles. The van der Waals surface area contributed by atoms with Crippen LogP contribution in [0.1, 0.15) is 5.56 Å². The number of phenols is 1. The molecule has 3 heteroatoms. The molecule has 0 fully saturated rings. The molecular weight excluding hydrogens is 325 g/mol. The van der Waals surface area contributed by atoms with E-state index in [0.29, 0.717) is 5.75 Å². The number of benzene rings is 2. The van der Waals surface area contributed by atoms with Crippen LogP contribution in [0.25, 0.3) is 11.1 Å². The first-order chi connectivity index (χ1) is 8.31. The summed E-state index contributed by atoms with van der Waals surface area (Å²) >= 11 is 2.16. The maximum Gasteiger partial charge on any atom is 0.116 e. The molecule has 0 unspecified atom stereocenters. The highest BCUT2D eigenvalue weighted by Crippen LogP contribution is 2.26. The van der Waals surface area contributed by atoms with Gasteiger partial charge in [-0.05, 0) is 35.2 Å². The molecule has 2 nitrogen and oxygen atoms in total. The minimum absolute atomic E-state index is 0.310. The van der Waals surface area contributed by atoms with Crippen LogP contribution >= 0.6 is 22.9 Å². The minimum Gasteiger partial charge on any atom is -0.508 e. The van der Waals surface area contributed by atoms with Crippen molar-refractivity contribution in [2.45, 2.75) is 6.42 Å². The number of nitrogens with one attached hydrogen (secondary N) is 1. The van der Waals surface area contributed by atoms with E-state index in [1.807, 2.05) is 18.2 Å². The highest BCUT2D eigenvalue weighted by Gasteiger charge is 2.04. The van der Waals surface area contributed by atoms with Gasteiger partial charge in [-0.1, -0.05) is 36.4 Å². The lowest BCUT2D eigenvalue weighted by Crippen LogP contribution is -2.04. The molecule has 2 aromatic rings. The number of hydrogen-bond donors (Lipinski definition) is 2.